The highest BCUT2D eigenvalue weighted by molar-refractivity contribution is 8.18. The average molecular weight is 537 g/mol. The molecule has 1 N–H and O–H groups in total. The number of hydrogen-bond donors (Lipinski definition) is 1. The van der Waals surface area contributed by atoms with Gasteiger partial charge in [0.2, 0.25) is 0 Å². The number of anilines is 1. The molecule has 1 aliphatic heterocycles. The number of rotatable bonds is 9. The number of hydrogen-bond acceptors (Lipinski definition) is 6. The van der Waals surface area contributed by atoms with Gasteiger partial charge in [0.1, 0.15) is 18.1 Å². The highest BCUT2D eigenvalue weighted by Crippen LogP contribution is 2.32. The van der Waals surface area contributed by atoms with Gasteiger partial charge in [0.15, 0.2) is 6.61 Å². The smallest absolute Gasteiger partial charge is 0.293 e. The third kappa shape index (κ3) is 6.93. The van der Waals surface area contributed by atoms with Crippen molar-refractivity contribution in [3.63, 3.8) is 0 Å². The molecule has 0 aliphatic carbocycles. The number of ether oxygens (including phenoxy) is 2. The molecule has 1 fully saturated rings. The highest BCUT2D eigenvalue weighted by atomic mass is 35.5. The molecule has 7 nitrogen and oxygen atoms in total. The van der Waals surface area contributed by atoms with Crippen molar-refractivity contribution >= 4 is 52.2 Å². The van der Waals surface area contributed by atoms with E-state index < -0.39 is 0 Å². The maximum absolute atomic E-state index is 12.7. The second kappa shape index (κ2) is 12.0. The van der Waals surface area contributed by atoms with Crippen LogP contribution in [0.2, 0.25) is 5.02 Å². The van der Waals surface area contributed by atoms with Crippen LogP contribution in [0.15, 0.2) is 71.6 Å². The lowest BCUT2D eigenvalue weighted by molar-refractivity contribution is -0.123. The Morgan fingerprint density at radius 2 is 1.65 bits per heavy atom. The van der Waals surface area contributed by atoms with Crippen LogP contribution in [0.3, 0.4) is 0 Å². The largest absolute Gasteiger partial charge is 0.492 e. The Bertz CT molecular complexity index is 1340. The number of amides is 3. The Labute approximate surface area is 224 Å². The third-order valence-corrected chi connectivity index (χ3v) is 6.86. The first kappa shape index (κ1) is 26.3. The molecule has 9 heteroatoms. The Kier molecular flexibility index (Phi) is 8.53. The lowest BCUT2D eigenvalue weighted by atomic mass is 10.1. The normalized spacial score (nSPS) is 14.2. The van der Waals surface area contributed by atoms with E-state index in [9.17, 15) is 14.4 Å². The molecule has 3 amide bonds. The number of imide groups is 1. The molecule has 0 aromatic heterocycles. The van der Waals surface area contributed by atoms with Crippen molar-refractivity contribution in [1.82, 2.24) is 4.90 Å². The molecule has 1 aliphatic rings. The summed E-state index contributed by atoms with van der Waals surface area (Å²) in [6.07, 6.45) is 1.65. The summed E-state index contributed by atoms with van der Waals surface area (Å²) < 4.78 is 11.2. The minimum absolute atomic E-state index is 0.135. The van der Waals surface area contributed by atoms with Gasteiger partial charge < -0.3 is 14.8 Å². The van der Waals surface area contributed by atoms with E-state index in [1.165, 1.54) is 4.90 Å². The standard InChI is InChI=1S/C28H25ClN2O5S/c1-18-4-3-5-24(19(18)2)30-26(32)17-36-23-10-6-20(7-11-23)16-25-27(33)31(28(34)37-25)14-15-35-22-12-8-21(29)9-13-22/h3-13,16H,14-15,17H2,1-2H3,(H,30,32)/b25-16-. The Morgan fingerprint density at radius 3 is 2.38 bits per heavy atom. The van der Waals surface area contributed by atoms with Crippen LogP contribution < -0.4 is 14.8 Å². The van der Waals surface area contributed by atoms with E-state index in [-0.39, 0.29) is 36.8 Å². The van der Waals surface area contributed by atoms with Crippen LogP contribution >= 0.6 is 23.4 Å². The summed E-state index contributed by atoms with van der Waals surface area (Å²) in [4.78, 5) is 38.8. The fraction of sp³-hybridized carbons (Fsp3) is 0.179. The summed E-state index contributed by atoms with van der Waals surface area (Å²) in [5.41, 5.74) is 3.60. The fourth-order valence-corrected chi connectivity index (χ4v) is 4.50. The van der Waals surface area contributed by atoms with Crippen LogP contribution in [-0.2, 0) is 9.59 Å². The Morgan fingerprint density at radius 1 is 0.973 bits per heavy atom. The predicted molar refractivity (Wildman–Crippen MR) is 146 cm³/mol. The number of nitrogens with zero attached hydrogens (tertiary/aromatic N) is 1. The summed E-state index contributed by atoms with van der Waals surface area (Å²) in [6.45, 7) is 4.12. The molecule has 0 spiro atoms. The van der Waals surface area contributed by atoms with E-state index in [0.29, 0.717) is 21.4 Å². The van der Waals surface area contributed by atoms with Crippen molar-refractivity contribution in [2.75, 3.05) is 25.1 Å². The predicted octanol–water partition coefficient (Wildman–Crippen LogP) is 6.09. The number of aryl methyl sites for hydroxylation is 1. The van der Waals surface area contributed by atoms with Gasteiger partial charge in [-0.1, -0.05) is 35.9 Å². The van der Waals surface area contributed by atoms with Crippen LogP contribution in [-0.4, -0.2) is 41.7 Å². The van der Waals surface area contributed by atoms with Crippen molar-refractivity contribution < 1.29 is 23.9 Å². The van der Waals surface area contributed by atoms with Crippen LogP contribution in [0.4, 0.5) is 10.5 Å². The molecule has 1 heterocycles. The second-order valence-electron chi connectivity index (χ2n) is 8.29. The van der Waals surface area contributed by atoms with Gasteiger partial charge in [0, 0.05) is 10.7 Å². The van der Waals surface area contributed by atoms with Crippen molar-refractivity contribution in [2.24, 2.45) is 0 Å². The number of benzene rings is 3. The van der Waals surface area contributed by atoms with Crippen molar-refractivity contribution in [3.8, 4) is 11.5 Å². The number of carbonyl (C=O) groups is 3. The van der Waals surface area contributed by atoms with Crippen molar-refractivity contribution in [3.05, 3.63) is 93.3 Å². The molecule has 4 rings (SSSR count). The lowest BCUT2D eigenvalue weighted by Crippen LogP contribution is -2.32. The van der Waals surface area contributed by atoms with Gasteiger partial charge >= 0.3 is 0 Å². The molecular weight excluding hydrogens is 512 g/mol. The maximum atomic E-state index is 12.7. The fourth-order valence-electron chi connectivity index (χ4n) is 3.51. The van der Waals surface area contributed by atoms with Crippen molar-refractivity contribution in [2.45, 2.75) is 13.8 Å². The minimum atomic E-state index is -0.363. The van der Waals surface area contributed by atoms with Gasteiger partial charge in [-0.05, 0) is 90.8 Å². The maximum Gasteiger partial charge on any atom is 0.293 e. The van der Waals surface area contributed by atoms with Crippen molar-refractivity contribution in [1.29, 1.82) is 0 Å². The monoisotopic (exact) mass is 536 g/mol. The molecule has 0 unspecified atom stereocenters. The molecule has 0 radical (unpaired) electrons. The zero-order chi connectivity index (χ0) is 26.4. The average Bonchev–Trinajstić information content (AvgIpc) is 3.15. The summed E-state index contributed by atoms with van der Waals surface area (Å²) in [6, 6.07) is 19.5. The van der Waals surface area contributed by atoms with Crippen LogP contribution in [0.5, 0.6) is 11.5 Å². The van der Waals surface area contributed by atoms with E-state index >= 15 is 0 Å². The molecule has 3 aromatic rings. The van der Waals surface area contributed by atoms with Crippen LogP contribution in [0.25, 0.3) is 6.08 Å². The molecule has 0 atom stereocenters. The zero-order valence-electron chi connectivity index (χ0n) is 20.3. The highest BCUT2D eigenvalue weighted by Gasteiger charge is 2.34. The molecule has 0 saturated carbocycles. The SMILES string of the molecule is Cc1cccc(NC(=O)COc2ccc(/C=C3\SC(=O)N(CCOc4ccc(Cl)cc4)C3=O)cc2)c1C. The number of nitrogens with one attached hydrogen (secondary N) is 1. The summed E-state index contributed by atoms with van der Waals surface area (Å²) in [7, 11) is 0. The minimum Gasteiger partial charge on any atom is -0.492 e. The number of halogens is 1. The second-order valence-corrected chi connectivity index (χ2v) is 9.72. The van der Waals surface area contributed by atoms with E-state index in [1.54, 1.807) is 54.6 Å². The van der Waals surface area contributed by atoms with Gasteiger partial charge in [-0.2, -0.15) is 0 Å². The van der Waals surface area contributed by atoms with Gasteiger partial charge in [0.25, 0.3) is 17.1 Å². The van der Waals surface area contributed by atoms with Gasteiger partial charge in [-0.15, -0.1) is 0 Å². The van der Waals surface area contributed by atoms with Gasteiger partial charge in [0.05, 0.1) is 11.4 Å². The first-order valence-electron chi connectivity index (χ1n) is 11.5. The van der Waals surface area contributed by atoms with Gasteiger partial charge in [-0.3, -0.25) is 19.3 Å². The molecular formula is C28H25ClN2O5S. The molecule has 3 aromatic carbocycles. The first-order valence-corrected chi connectivity index (χ1v) is 12.7. The van der Waals surface area contributed by atoms with E-state index in [0.717, 1.165) is 34.1 Å². The van der Waals surface area contributed by atoms with E-state index in [1.807, 2.05) is 32.0 Å². The summed E-state index contributed by atoms with van der Waals surface area (Å²) in [5.74, 6) is 0.502. The molecule has 1 saturated heterocycles. The summed E-state index contributed by atoms with van der Waals surface area (Å²) >= 11 is 6.75. The quantitative estimate of drug-likeness (QED) is 0.333. The Balaban J connectivity index is 1.28. The molecule has 190 valence electrons. The van der Waals surface area contributed by atoms with E-state index in [4.69, 9.17) is 21.1 Å². The first-order chi connectivity index (χ1) is 17.8. The van der Waals surface area contributed by atoms with Crippen LogP contribution in [0, 0.1) is 13.8 Å². The molecule has 0 bridgehead atoms. The van der Waals surface area contributed by atoms with E-state index in [2.05, 4.69) is 5.32 Å². The third-order valence-electron chi connectivity index (χ3n) is 5.70. The number of carbonyl (C=O) groups excluding carboxylic acids is 3. The zero-order valence-corrected chi connectivity index (χ0v) is 21.9. The lowest BCUT2D eigenvalue weighted by Gasteiger charge is -2.13. The van der Waals surface area contributed by atoms with Gasteiger partial charge in [-0.25, -0.2) is 0 Å². The number of thioether (sulfide) groups is 1. The Hall–Kier alpha value is -3.75. The molecule has 37 heavy (non-hydrogen) atoms. The van der Waals surface area contributed by atoms with Crippen LogP contribution in [0.1, 0.15) is 16.7 Å². The topological polar surface area (TPSA) is 84.9 Å². The summed E-state index contributed by atoms with van der Waals surface area (Å²) in [5, 5.41) is 3.11.